The highest BCUT2D eigenvalue weighted by atomic mass is 32.1. The second-order valence-corrected chi connectivity index (χ2v) is 6.58. The Morgan fingerprint density at radius 2 is 1.88 bits per heavy atom. The quantitative estimate of drug-likeness (QED) is 0.414. The molecule has 0 aliphatic rings. The van der Waals surface area contributed by atoms with E-state index in [0.29, 0.717) is 22.1 Å². The van der Waals surface area contributed by atoms with Crippen LogP contribution in [0.15, 0.2) is 59.6 Å². The summed E-state index contributed by atoms with van der Waals surface area (Å²) in [6.45, 7) is 1.64. The maximum Gasteiger partial charge on any atom is 0.210 e. The minimum absolute atomic E-state index is 0.317. The summed E-state index contributed by atoms with van der Waals surface area (Å²) in [5, 5.41) is 26.9. The number of aliphatic imine (C=N–C) groups is 1. The van der Waals surface area contributed by atoms with Crippen LogP contribution in [-0.2, 0) is 0 Å². The molecule has 126 valence electrons. The lowest BCUT2D eigenvalue weighted by molar-refractivity contribution is -0.277. The van der Waals surface area contributed by atoms with Crippen LogP contribution in [0.3, 0.4) is 0 Å². The molecule has 4 rings (SSSR count). The molecule has 0 unspecified atom stereocenters. The summed E-state index contributed by atoms with van der Waals surface area (Å²) in [4.78, 5) is 8.25. The third-order valence-electron chi connectivity index (χ3n) is 3.93. The second-order valence-electron chi connectivity index (χ2n) is 5.57. The summed E-state index contributed by atoms with van der Waals surface area (Å²) in [5.41, 5.74) is 2.74. The monoisotopic (exact) mass is 358 g/mol. The van der Waals surface area contributed by atoms with Crippen molar-refractivity contribution >= 4 is 27.3 Å². The Morgan fingerprint density at radius 3 is 2.62 bits per heavy atom. The van der Waals surface area contributed by atoms with E-state index in [9.17, 15) is 5.11 Å². The van der Waals surface area contributed by atoms with Crippen LogP contribution in [0.25, 0.3) is 26.6 Å². The van der Waals surface area contributed by atoms with Crippen LogP contribution >= 0.6 is 11.3 Å². The lowest BCUT2D eigenvalue weighted by Gasteiger charge is -2.10. The Labute approximate surface area is 153 Å². The van der Waals surface area contributed by atoms with Crippen molar-refractivity contribution < 1.29 is 5.11 Å². The van der Waals surface area contributed by atoms with Gasteiger partial charge in [-0.05, 0) is 19.1 Å². The van der Waals surface area contributed by atoms with E-state index in [0.717, 1.165) is 15.8 Å². The van der Waals surface area contributed by atoms with Gasteiger partial charge >= 0.3 is 0 Å². The van der Waals surface area contributed by atoms with Crippen LogP contribution in [0.2, 0.25) is 0 Å². The number of hydrogen-bond acceptors (Lipinski definition) is 6. The number of aromatic nitrogens is 3. The molecule has 4 aromatic rings. The molecule has 26 heavy (non-hydrogen) atoms. The number of thiazole rings is 1. The van der Waals surface area contributed by atoms with Crippen molar-refractivity contribution in [3.63, 3.8) is 0 Å². The van der Waals surface area contributed by atoms with Crippen LogP contribution in [0.4, 0.5) is 0 Å². The minimum atomic E-state index is -0.334. The van der Waals surface area contributed by atoms with Crippen LogP contribution in [-0.4, -0.2) is 20.5 Å². The highest BCUT2D eigenvalue weighted by molar-refractivity contribution is 7.20. The summed E-state index contributed by atoms with van der Waals surface area (Å²) in [5.74, 6) is -0.334. The third-order valence-corrected chi connectivity index (χ3v) is 4.95. The van der Waals surface area contributed by atoms with Crippen LogP contribution in [0, 0.1) is 11.5 Å². The predicted molar refractivity (Wildman–Crippen MR) is 99.4 cm³/mol. The lowest BCUT2D eigenvalue weighted by Crippen LogP contribution is -2.06. The van der Waals surface area contributed by atoms with Crippen LogP contribution in [0.1, 0.15) is 12.5 Å². The maximum atomic E-state index is 13.0. The molecule has 2 heterocycles. The first-order valence-electron chi connectivity index (χ1n) is 7.84. The molecule has 7 heteroatoms. The van der Waals surface area contributed by atoms with Gasteiger partial charge < -0.3 is 5.11 Å². The van der Waals surface area contributed by atoms with E-state index in [-0.39, 0.29) is 5.88 Å². The zero-order chi connectivity index (χ0) is 18.1. The first-order valence-corrected chi connectivity index (χ1v) is 8.66. The maximum absolute atomic E-state index is 13.0. The molecule has 0 saturated heterocycles. The Balaban J connectivity index is 1.97. The average Bonchev–Trinajstić information content (AvgIpc) is 3.23. The zero-order valence-corrected chi connectivity index (χ0v) is 14.6. The molecule has 0 spiro atoms. The molecule has 0 fully saturated rings. The van der Waals surface area contributed by atoms with Crippen molar-refractivity contribution in [2.75, 3.05) is 0 Å². The summed E-state index contributed by atoms with van der Waals surface area (Å²) in [6, 6.07) is 17.0. The highest BCUT2D eigenvalue weighted by Crippen LogP contribution is 2.33. The number of rotatable bonds is 3. The smallest absolute Gasteiger partial charge is 0.210 e. The van der Waals surface area contributed by atoms with Crippen molar-refractivity contribution in [3.8, 4) is 28.5 Å². The Hall–Kier alpha value is -3.50. The number of nitrogens with zero attached hydrogens (tertiary/aromatic N) is 5. The molecule has 0 saturated carbocycles. The van der Waals surface area contributed by atoms with Gasteiger partial charge in [0.15, 0.2) is 0 Å². The van der Waals surface area contributed by atoms with E-state index in [4.69, 9.17) is 5.26 Å². The van der Waals surface area contributed by atoms with Crippen molar-refractivity contribution in [2.24, 2.45) is 4.99 Å². The standard InChI is InChI=1S/C19H13N5OS/c1-12(21-11-20)16-17(13-7-3-2-4-8-13)23-24(18(16)25)19-22-14-9-5-6-10-15(14)26-19/h2-10,25H,1H3/p-1. The molecule has 2 aromatic carbocycles. The summed E-state index contributed by atoms with van der Waals surface area (Å²) >= 11 is 1.39. The number of nitriles is 1. The highest BCUT2D eigenvalue weighted by Gasteiger charge is 2.18. The van der Waals surface area contributed by atoms with Gasteiger partial charge in [0.25, 0.3) is 0 Å². The Bertz CT molecular complexity index is 1130. The number of benzene rings is 2. The van der Waals surface area contributed by atoms with Gasteiger partial charge in [-0.3, -0.25) is 0 Å². The van der Waals surface area contributed by atoms with E-state index < -0.39 is 0 Å². The van der Waals surface area contributed by atoms with Gasteiger partial charge in [0.2, 0.25) is 11.3 Å². The molecule has 0 N–H and O–H groups in total. The molecule has 6 nitrogen and oxygen atoms in total. The normalized spacial score (nSPS) is 11.6. The number of fused-ring (bicyclic) bond motifs is 1. The zero-order valence-electron chi connectivity index (χ0n) is 13.7. The molecule has 0 amide bonds. The molecule has 0 bridgehead atoms. The molecule has 0 aliphatic heterocycles. The van der Waals surface area contributed by atoms with Crippen molar-refractivity contribution in [3.05, 3.63) is 60.2 Å². The topological polar surface area (TPSA) is 89.9 Å². The van der Waals surface area contributed by atoms with Gasteiger partial charge in [0.05, 0.1) is 15.9 Å². The molecular formula is C19H12N5OS-. The third kappa shape index (κ3) is 2.62. The Kier molecular flexibility index (Phi) is 3.95. The van der Waals surface area contributed by atoms with Crippen LogP contribution in [0.5, 0.6) is 5.88 Å². The van der Waals surface area contributed by atoms with Crippen molar-refractivity contribution in [2.45, 2.75) is 6.92 Å². The first-order chi connectivity index (χ1) is 12.7. The van der Waals surface area contributed by atoms with Crippen molar-refractivity contribution in [1.82, 2.24) is 14.8 Å². The summed E-state index contributed by atoms with van der Waals surface area (Å²) in [7, 11) is 0. The average molecular weight is 358 g/mol. The predicted octanol–water partition coefficient (Wildman–Crippen LogP) is 3.51. The number of hydrogen-bond donors (Lipinski definition) is 0. The van der Waals surface area contributed by atoms with Gasteiger partial charge in [-0.2, -0.15) is 15.4 Å². The molecule has 0 aliphatic carbocycles. The van der Waals surface area contributed by atoms with Crippen molar-refractivity contribution in [1.29, 1.82) is 5.26 Å². The molecule has 2 aromatic heterocycles. The molecule has 0 radical (unpaired) electrons. The fourth-order valence-electron chi connectivity index (χ4n) is 2.74. The number of para-hydroxylation sites is 1. The van der Waals surface area contributed by atoms with Gasteiger partial charge in [-0.1, -0.05) is 53.8 Å². The molecule has 0 atom stereocenters. The van der Waals surface area contributed by atoms with E-state index in [1.807, 2.05) is 54.6 Å². The fraction of sp³-hybridized carbons (Fsp3) is 0.0526. The van der Waals surface area contributed by atoms with Gasteiger partial charge in [0, 0.05) is 17.0 Å². The molecular weight excluding hydrogens is 346 g/mol. The first kappa shape index (κ1) is 16.0. The largest absolute Gasteiger partial charge is 0.858 e. The van der Waals surface area contributed by atoms with E-state index in [2.05, 4.69) is 15.1 Å². The second kappa shape index (κ2) is 6.43. The minimum Gasteiger partial charge on any atom is -0.858 e. The fourth-order valence-corrected chi connectivity index (χ4v) is 3.65. The van der Waals surface area contributed by atoms with Gasteiger partial charge in [-0.15, -0.1) is 0 Å². The van der Waals surface area contributed by atoms with Crippen LogP contribution < -0.4 is 5.11 Å². The van der Waals surface area contributed by atoms with E-state index in [1.165, 1.54) is 16.0 Å². The van der Waals surface area contributed by atoms with E-state index in [1.54, 1.807) is 13.1 Å². The Morgan fingerprint density at radius 1 is 1.15 bits per heavy atom. The summed E-state index contributed by atoms with van der Waals surface area (Å²) in [6.07, 6.45) is 1.74. The van der Waals surface area contributed by atoms with E-state index >= 15 is 0 Å². The summed E-state index contributed by atoms with van der Waals surface area (Å²) < 4.78 is 2.27. The van der Waals surface area contributed by atoms with Gasteiger partial charge in [-0.25, -0.2) is 9.67 Å². The SMILES string of the molecule is CC(=NC#N)c1c(-c2ccccc2)nn(-c2nc3ccccc3s2)c1[O-]. The lowest BCUT2D eigenvalue weighted by atomic mass is 10.1. The van der Waals surface area contributed by atoms with Gasteiger partial charge in [0.1, 0.15) is 5.69 Å².